The Morgan fingerprint density at radius 1 is 1.57 bits per heavy atom. The highest BCUT2D eigenvalue weighted by atomic mass is 16.5. The number of hydrogen-bond donors (Lipinski definition) is 1. The topological polar surface area (TPSA) is 76.6 Å². The van der Waals surface area contributed by atoms with E-state index in [0.29, 0.717) is 25.0 Å². The number of carbonyl (C=O) groups excluding carboxylic acids is 1. The Morgan fingerprint density at radius 3 is 3.22 bits per heavy atom. The summed E-state index contributed by atoms with van der Waals surface area (Å²) in [6, 6.07) is 1.89. The van der Waals surface area contributed by atoms with Crippen molar-refractivity contribution in [3.63, 3.8) is 0 Å². The zero-order valence-electron chi connectivity index (χ0n) is 13.7. The van der Waals surface area contributed by atoms with Crippen molar-refractivity contribution in [3.8, 4) is 5.88 Å². The lowest BCUT2D eigenvalue weighted by molar-refractivity contribution is -0.159. The summed E-state index contributed by atoms with van der Waals surface area (Å²) in [6.45, 7) is 4.61. The third-order valence-electron chi connectivity index (χ3n) is 4.81. The van der Waals surface area contributed by atoms with Crippen LogP contribution in [-0.2, 0) is 9.53 Å². The molecule has 7 nitrogen and oxygen atoms in total. The number of methoxy groups -OCH3 is 1. The minimum atomic E-state index is -0.515. The molecule has 0 saturated carbocycles. The molecule has 0 radical (unpaired) electrons. The van der Waals surface area contributed by atoms with Crippen LogP contribution in [0.25, 0.3) is 0 Å². The van der Waals surface area contributed by atoms with E-state index in [1.807, 2.05) is 6.92 Å². The summed E-state index contributed by atoms with van der Waals surface area (Å²) in [4.78, 5) is 23.5. The number of hydrogen-bond acceptors (Lipinski definition) is 7. The third kappa shape index (κ3) is 2.97. The van der Waals surface area contributed by atoms with E-state index < -0.39 is 5.41 Å². The van der Waals surface area contributed by atoms with Crippen LogP contribution in [0.1, 0.15) is 26.2 Å². The van der Waals surface area contributed by atoms with Crippen LogP contribution in [-0.4, -0.2) is 55.3 Å². The van der Waals surface area contributed by atoms with Crippen molar-refractivity contribution in [1.82, 2.24) is 15.3 Å². The minimum Gasteiger partial charge on any atom is -0.481 e. The van der Waals surface area contributed by atoms with Crippen molar-refractivity contribution in [2.24, 2.45) is 5.41 Å². The van der Waals surface area contributed by atoms with E-state index in [2.05, 4.69) is 20.2 Å². The van der Waals surface area contributed by atoms with Crippen molar-refractivity contribution in [2.45, 2.75) is 32.2 Å². The van der Waals surface area contributed by atoms with Crippen LogP contribution in [0.2, 0.25) is 0 Å². The lowest BCUT2D eigenvalue weighted by Gasteiger charge is -2.49. The molecule has 2 saturated heterocycles. The molecule has 3 heterocycles. The second kappa shape index (κ2) is 6.70. The Labute approximate surface area is 136 Å². The van der Waals surface area contributed by atoms with E-state index in [0.717, 1.165) is 32.4 Å². The fourth-order valence-electron chi connectivity index (χ4n) is 3.67. The first-order chi connectivity index (χ1) is 11.2. The van der Waals surface area contributed by atoms with Gasteiger partial charge in [0.1, 0.15) is 5.41 Å². The van der Waals surface area contributed by atoms with Gasteiger partial charge in [-0.25, -0.2) is 4.98 Å². The molecule has 0 aromatic carbocycles. The summed E-state index contributed by atoms with van der Waals surface area (Å²) >= 11 is 0. The van der Waals surface area contributed by atoms with Crippen LogP contribution < -0.4 is 15.0 Å². The van der Waals surface area contributed by atoms with E-state index in [4.69, 9.17) is 9.47 Å². The molecule has 3 rings (SSSR count). The Balaban J connectivity index is 1.86. The first-order valence-corrected chi connectivity index (χ1v) is 8.22. The normalized spacial score (nSPS) is 27.2. The number of piperidine rings is 2. The number of aromatic nitrogens is 2. The van der Waals surface area contributed by atoms with Crippen LogP contribution in [0, 0.1) is 5.41 Å². The lowest BCUT2D eigenvalue weighted by atomic mass is 9.70. The van der Waals surface area contributed by atoms with Crippen LogP contribution >= 0.6 is 0 Å². The molecule has 1 aromatic rings. The van der Waals surface area contributed by atoms with E-state index in [1.54, 1.807) is 19.4 Å². The van der Waals surface area contributed by atoms with Crippen molar-refractivity contribution in [1.29, 1.82) is 0 Å². The molecular weight excluding hydrogens is 296 g/mol. The standard InChI is InChI=1S/C16H24N4O3/c1-3-23-14(21)16-7-4-8-17-12(16)6-10-20(11-16)15-18-9-5-13(19-15)22-2/h5,9,12,17H,3-4,6-8,10-11H2,1-2H3/t12-,16+/m1/s1. The molecule has 0 aliphatic carbocycles. The third-order valence-corrected chi connectivity index (χ3v) is 4.81. The molecule has 0 spiro atoms. The smallest absolute Gasteiger partial charge is 0.315 e. The maximum Gasteiger partial charge on any atom is 0.315 e. The monoisotopic (exact) mass is 320 g/mol. The molecule has 23 heavy (non-hydrogen) atoms. The second-order valence-electron chi connectivity index (χ2n) is 6.10. The lowest BCUT2D eigenvalue weighted by Crippen LogP contribution is -2.63. The maximum atomic E-state index is 12.7. The molecule has 1 N–H and O–H groups in total. The molecule has 126 valence electrons. The zero-order valence-corrected chi connectivity index (χ0v) is 13.7. The van der Waals surface area contributed by atoms with Gasteiger partial charge in [-0.3, -0.25) is 4.79 Å². The largest absolute Gasteiger partial charge is 0.481 e. The number of nitrogens with zero attached hydrogens (tertiary/aromatic N) is 3. The van der Waals surface area contributed by atoms with Crippen LogP contribution in [0.15, 0.2) is 12.3 Å². The summed E-state index contributed by atoms with van der Waals surface area (Å²) in [5.74, 6) is 1.03. The first kappa shape index (κ1) is 16.0. The molecular formula is C16H24N4O3. The Hall–Kier alpha value is -1.89. The van der Waals surface area contributed by atoms with Gasteiger partial charge in [-0.2, -0.15) is 4.98 Å². The summed E-state index contributed by atoms with van der Waals surface area (Å²) in [7, 11) is 1.59. The predicted molar refractivity (Wildman–Crippen MR) is 85.5 cm³/mol. The summed E-state index contributed by atoms with van der Waals surface area (Å²) in [5.41, 5.74) is -0.515. The highest BCUT2D eigenvalue weighted by Crippen LogP contribution is 2.39. The van der Waals surface area contributed by atoms with Crippen LogP contribution in [0.4, 0.5) is 5.95 Å². The number of ether oxygens (including phenoxy) is 2. The van der Waals surface area contributed by atoms with Crippen molar-refractivity contribution in [3.05, 3.63) is 12.3 Å². The second-order valence-corrected chi connectivity index (χ2v) is 6.10. The van der Waals surface area contributed by atoms with Crippen LogP contribution in [0.3, 0.4) is 0 Å². The fraction of sp³-hybridized carbons (Fsp3) is 0.688. The summed E-state index contributed by atoms with van der Waals surface area (Å²) in [6.07, 6.45) is 4.37. The minimum absolute atomic E-state index is 0.107. The number of rotatable bonds is 4. The number of anilines is 1. The molecule has 2 fully saturated rings. The van der Waals surface area contributed by atoms with E-state index in [9.17, 15) is 4.79 Å². The Morgan fingerprint density at radius 2 is 2.43 bits per heavy atom. The van der Waals surface area contributed by atoms with Gasteiger partial charge in [-0.1, -0.05) is 0 Å². The summed E-state index contributed by atoms with van der Waals surface area (Å²) in [5, 5.41) is 3.50. The molecule has 2 atom stereocenters. The Kier molecular flexibility index (Phi) is 4.66. The van der Waals surface area contributed by atoms with Crippen molar-refractivity contribution in [2.75, 3.05) is 38.3 Å². The highest BCUT2D eigenvalue weighted by Gasteiger charge is 2.52. The molecule has 2 aliphatic rings. The van der Waals surface area contributed by atoms with Crippen molar-refractivity contribution < 1.29 is 14.3 Å². The Bertz CT molecular complexity index is 568. The van der Waals surface area contributed by atoms with E-state index in [-0.39, 0.29) is 12.0 Å². The van der Waals surface area contributed by atoms with Gasteiger partial charge in [0, 0.05) is 31.4 Å². The van der Waals surface area contributed by atoms with Gasteiger partial charge in [0.05, 0.1) is 13.7 Å². The highest BCUT2D eigenvalue weighted by molar-refractivity contribution is 5.79. The van der Waals surface area contributed by atoms with Gasteiger partial charge in [-0.15, -0.1) is 0 Å². The SMILES string of the molecule is CCOC(=O)[C@]12CCCN[C@@H]1CCN(c1nccc(OC)n1)C2. The van der Waals surface area contributed by atoms with Gasteiger partial charge >= 0.3 is 5.97 Å². The predicted octanol–water partition coefficient (Wildman–Crippen LogP) is 0.997. The van der Waals surface area contributed by atoms with E-state index >= 15 is 0 Å². The van der Waals surface area contributed by atoms with Crippen molar-refractivity contribution >= 4 is 11.9 Å². The molecule has 0 amide bonds. The summed E-state index contributed by atoms with van der Waals surface area (Å²) < 4.78 is 10.6. The van der Waals surface area contributed by atoms with E-state index in [1.165, 1.54) is 0 Å². The quantitative estimate of drug-likeness (QED) is 0.829. The molecule has 2 aliphatic heterocycles. The average molecular weight is 320 g/mol. The van der Waals surface area contributed by atoms with Gasteiger partial charge in [0.25, 0.3) is 0 Å². The molecule has 1 aromatic heterocycles. The number of esters is 1. The van der Waals surface area contributed by atoms with Crippen LogP contribution in [0.5, 0.6) is 5.88 Å². The molecule has 0 unspecified atom stereocenters. The van der Waals surface area contributed by atoms with Gasteiger partial charge < -0.3 is 19.7 Å². The maximum absolute atomic E-state index is 12.7. The average Bonchev–Trinajstić information content (AvgIpc) is 2.61. The molecule has 7 heteroatoms. The zero-order chi connectivity index (χ0) is 16.3. The first-order valence-electron chi connectivity index (χ1n) is 8.22. The van der Waals surface area contributed by atoms with Gasteiger partial charge in [0.2, 0.25) is 11.8 Å². The molecule has 0 bridgehead atoms. The number of nitrogens with one attached hydrogen (secondary N) is 1. The fourth-order valence-corrected chi connectivity index (χ4v) is 3.67. The van der Waals surface area contributed by atoms with Gasteiger partial charge in [-0.05, 0) is 32.7 Å². The van der Waals surface area contributed by atoms with Gasteiger partial charge in [0.15, 0.2) is 0 Å². The number of carbonyl (C=O) groups is 1. The number of fused-ring (bicyclic) bond motifs is 1.